The largest absolute Gasteiger partial charge is 0.378 e. The standard InChI is InChI=1S/C23H44OS/c1-2-3-17-23(18-11-8-12-19-23)25-21-14-7-5-4-6-9-15-22-16-10-13-20-24-22/h22H,2-21H2,1H3/p+1. The van der Waals surface area contributed by atoms with Gasteiger partial charge in [0, 0.05) is 6.61 Å². The van der Waals surface area contributed by atoms with Crippen LogP contribution in [0.2, 0.25) is 0 Å². The molecule has 1 saturated heterocycles. The van der Waals surface area contributed by atoms with E-state index in [0.717, 1.165) is 11.4 Å². The summed E-state index contributed by atoms with van der Waals surface area (Å²) in [5, 5.41) is 0. The van der Waals surface area contributed by atoms with E-state index in [2.05, 4.69) is 6.92 Å². The highest BCUT2D eigenvalue weighted by Gasteiger charge is 2.38. The fourth-order valence-electron chi connectivity index (χ4n) is 4.75. The molecule has 148 valence electrons. The van der Waals surface area contributed by atoms with Gasteiger partial charge in [0.2, 0.25) is 0 Å². The van der Waals surface area contributed by atoms with Crippen molar-refractivity contribution < 1.29 is 4.74 Å². The van der Waals surface area contributed by atoms with Crippen molar-refractivity contribution in [2.24, 2.45) is 0 Å². The maximum Gasteiger partial charge on any atom is 0.125 e. The van der Waals surface area contributed by atoms with Crippen molar-refractivity contribution in [1.29, 1.82) is 0 Å². The molecule has 1 aliphatic heterocycles. The molecule has 2 aliphatic rings. The van der Waals surface area contributed by atoms with Crippen LogP contribution in [0.1, 0.15) is 122 Å². The molecule has 25 heavy (non-hydrogen) atoms. The summed E-state index contributed by atoms with van der Waals surface area (Å²) < 4.78 is 6.56. The second kappa shape index (κ2) is 13.5. The summed E-state index contributed by atoms with van der Waals surface area (Å²) in [7, 11) is 0. The molecule has 0 amide bonds. The Bertz CT molecular complexity index is 305. The fourth-order valence-corrected chi connectivity index (χ4v) is 6.55. The summed E-state index contributed by atoms with van der Waals surface area (Å²) in [4.78, 5) is 0. The lowest BCUT2D eigenvalue weighted by atomic mass is 9.85. The van der Waals surface area contributed by atoms with Crippen LogP contribution in [0.4, 0.5) is 0 Å². The van der Waals surface area contributed by atoms with Crippen molar-refractivity contribution in [2.45, 2.75) is 133 Å². The molecule has 2 rings (SSSR count). The van der Waals surface area contributed by atoms with Crippen molar-refractivity contribution in [2.75, 3.05) is 12.4 Å². The van der Waals surface area contributed by atoms with Crippen LogP contribution in [0.15, 0.2) is 0 Å². The fraction of sp³-hybridized carbons (Fsp3) is 1.00. The molecule has 1 aliphatic carbocycles. The maximum absolute atomic E-state index is 5.83. The van der Waals surface area contributed by atoms with Gasteiger partial charge in [-0.05, 0) is 88.8 Å². The van der Waals surface area contributed by atoms with E-state index in [1.54, 1.807) is 0 Å². The Morgan fingerprint density at radius 3 is 2.32 bits per heavy atom. The molecule has 1 heterocycles. The number of hydrogen-bond acceptors (Lipinski definition) is 1. The number of hydrogen-bond donors (Lipinski definition) is 0. The smallest absolute Gasteiger partial charge is 0.125 e. The van der Waals surface area contributed by atoms with E-state index in [-0.39, 0.29) is 0 Å². The average Bonchev–Trinajstić information content (AvgIpc) is 2.67. The van der Waals surface area contributed by atoms with E-state index >= 15 is 0 Å². The lowest BCUT2D eigenvalue weighted by Crippen LogP contribution is -2.34. The highest BCUT2D eigenvalue weighted by Crippen LogP contribution is 2.36. The zero-order valence-electron chi connectivity index (χ0n) is 17.1. The SMILES string of the molecule is CCCCC1([SH+]CCCCCCCCC2CCCCO2)CCCCC1. The Morgan fingerprint density at radius 1 is 0.840 bits per heavy atom. The highest BCUT2D eigenvalue weighted by atomic mass is 32.2. The van der Waals surface area contributed by atoms with E-state index < -0.39 is 0 Å². The Kier molecular flexibility index (Phi) is 11.6. The molecule has 1 unspecified atom stereocenters. The molecular weight excluding hydrogens is 324 g/mol. The molecule has 0 aromatic heterocycles. The quantitative estimate of drug-likeness (QED) is 0.193. The van der Waals surface area contributed by atoms with Crippen molar-refractivity contribution in [3.8, 4) is 0 Å². The third-order valence-electron chi connectivity index (χ3n) is 6.44. The molecular formula is C23H45OS+. The molecule has 1 saturated carbocycles. The van der Waals surface area contributed by atoms with Crippen LogP contribution in [0.3, 0.4) is 0 Å². The van der Waals surface area contributed by atoms with E-state index in [1.165, 1.54) is 121 Å². The first-order chi connectivity index (χ1) is 12.3. The van der Waals surface area contributed by atoms with Crippen LogP contribution in [0.25, 0.3) is 0 Å². The second-order valence-electron chi connectivity index (χ2n) is 8.67. The molecule has 0 aromatic carbocycles. The van der Waals surface area contributed by atoms with Gasteiger partial charge in [0.25, 0.3) is 0 Å². The minimum Gasteiger partial charge on any atom is -0.378 e. The molecule has 0 N–H and O–H groups in total. The predicted octanol–water partition coefficient (Wildman–Crippen LogP) is 6.99. The Morgan fingerprint density at radius 2 is 1.60 bits per heavy atom. The van der Waals surface area contributed by atoms with Gasteiger partial charge < -0.3 is 4.74 Å². The van der Waals surface area contributed by atoms with Gasteiger partial charge in [-0.2, -0.15) is 0 Å². The zero-order valence-corrected chi connectivity index (χ0v) is 18.0. The van der Waals surface area contributed by atoms with Crippen LogP contribution in [-0.2, 0) is 16.5 Å². The Labute approximate surface area is 162 Å². The number of ether oxygens (including phenoxy) is 1. The number of rotatable bonds is 13. The van der Waals surface area contributed by atoms with Gasteiger partial charge in [-0.25, -0.2) is 0 Å². The topological polar surface area (TPSA) is 9.23 Å². The zero-order chi connectivity index (χ0) is 17.6. The summed E-state index contributed by atoms with van der Waals surface area (Å²) >= 11 is 1.81. The van der Waals surface area contributed by atoms with Crippen LogP contribution >= 0.6 is 0 Å². The van der Waals surface area contributed by atoms with E-state index in [4.69, 9.17) is 4.74 Å². The summed E-state index contributed by atoms with van der Waals surface area (Å²) in [6.45, 7) is 3.37. The minimum atomic E-state index is 0.599. The monoisotopic (exact) mass is 369 g/mol. The minimum absolute atomic E-state index is 0.599. The summed E-state index contributed by atoms with van der Waals surface area (Å²) in [6, 6.07) is 0. The average molecular weight is 370 g/mol. The van der Waals surface area contributed by atoms with Crippen molar-refractivity contribution >= 4 is 11.8 Å². The van der Waals surface area contributed by atoms with Gasteiger partial charge in [-0.1, -0.05) is 45.4 Å². The molecule has 0 bridgehead atoms. The normalized spacial score (nSPS) is 23.6. The van der Waals surface area contributed by atoms with Crippen LogP contribution in [-0.4, -0.2) is 23.2 Å². The van der Waals surface area contributed by atoms with E-state index in [0.29, 0.717) is 6.10 Å². The van der Waals surface area contributed by atoms with Gasteiger partial charge in [0.15, 0.2) is 0 Å². The molecule has 0 spiro atoms. The molecule has 1 atom stereocenters. The number of thiol groups is 1. The highest BCUT2D eigenvalue weighted by molar-refractivity contribution is 7.80. The lowest BCUT2D eigenvalue weighted by molar-refractivity contribution is 0.00977. The van der Waals surface area contributed by atoms with Gasteiger partial charge in [0.05, 0.1) is 6.10 Å². The molecule has 1 nitrogen and oxygen atoms in total. The summed E-state index contributed by atoms with van der Waals surface area (Å²) in [5.74, 6) is 1.47. The first-order valence-electron chi connectivity index (χ1n) is 11.6. The van der Waals surface area contributed by atoms with E-state index in [9.17, 15) is 0 Å². The molecule has 2 fully saturated rings. The van der Waals surface area contributed by atoms with Crippen LogP contribution in [0.5, 0.6) is 0 Å². The Balaban J connectivity index is 1.43. The van der Waals surface area contributed by atoms with Gasteiger partial charge in [-0.15, -0.1) is 0 Å². The summed E-state index contributed by atoms with van der Waals surface area (Å²) in [6.07, 6.45) is 26.5. The van der Waals surface area contributed by atoms with Crippen molar-refractivity contribution in [1.82, 2.24) is 0 Å². The van der Waals surface area contributed by atoms with Crippen molar-refractivity contribution in [3.05, 3.63) is 0 Å². The van der Waals surface area contributed by atoms with Gasteiger partial charge >= 0.3 is 0 Å². The van der Waals surface area contributed by atoms with Crippen LogP contribution < -0.4 is 0 Å². The second-order valence-corrected chi connectivity index (χ2v) is 10.4. The lowest BCUT2D eigenvalue weighted by Gasteiger charge is -2.30. The third-order valence-corrected chi connectivity index (χ3v) is 8.32. The first-order valence-corrected chi connectivity index (χ1v) is 12.7. The third kappa shape index (κ3) is 9.18. The van der Waals surface area contributed by atoms with Crippen molar-refractivity contribution in [3.63, 3.8) is 0 Å². The first kappa shape index (κ1) is 21.6. The number of unbranched alkanes of at least 4 members (excludes halogenated alkanes) is 6. The maximum atomic E-state index is 5.83. The predicted molar refractivity (Wildman–Crippen MR) is 115 cm³/mol. The Hall–Kier alpha value is 0.310. The molecule has 0 aromatic rings. The van der Waals surface area contributed by atoms with Gasteiger partial charge in [-0.3, -0.25) is 0 Å². The molecule has 2 heteroatoms. The van der Waals surface area contributed by atoms with Gasteiger partial charge in [0.1, 0.15) is 10.5 Å². The van der Waals surface area contributed by atoms with Crippen LogP contribution in [0, 0.1) is 0 Å². The summed E-state index contributed by atoms with van der Waals surface area (Å²) in [5.41, 5.74) is 0. The van der Waals surface area contributed by atoms with E-state index in [1.807, 2.05) is 11.8 Å². The molecule has 0 radical (unpaired) electrons.